The normalized spacial score (nSPS) is 9.52. The minimum absolute atomic E-state index is 0.237. The molecule has 0 saturated carbocycles. The average Bonchev–Trinajstić information content (AvgIpc) is 2.46. The van der Waals surface area contributed by atoms with E-state index in [0.717, 1.165) is 10.0 Å². The number of carbonyl (C=O) groups is 1. The summed E-state index contributed by atoms with van der Waals surface area (Å²) in [5.41, 5.74) is 2.49. The number of nitrogens with one attached hydrogen (secondary N) is 1. The quantitative estimate of drug-likeness (QED) is 0.904. The molecule has 1 N–H and O–H groups in total. The Kier molecular flexibility index (Phi) is 4.37. The van der Waals surface area contributed by atoms with E-state index in [1.165, 1.54) is 12.1 Å². The van der Waals surface area contributed by atoms with Gasteiger partial charge in [-0.25, -0.2) is 0 Å². The molecular formula is C16H10BrN3O. The van der Waals surface area contributed by atoms with Gasteiger partial charge in [-0.2, -0.15) is 10.5 Å². The van der Waals surface area contributed by atoms with Gasteiger partial charge in [-0.1, -0.05) is 15.9 Å². The summed E-state index contributed by atoms with van der Waals surface area (Å²) in [7, 11) is 0. The van der Waals surface area contributed by atoms with E-state index < -0.39 is 0 Å². The highest BCUT2D eigenvalue weighted by molar-refractivity contribution is 9.10. The first-order chi connectivity index (χ1) is 10.0. The molecule has 2 rings (SSSR count). The van der Waals surface area contributed by atoms with Crippen LogP contribution < -0.4 is 5.32 Å². The standard InChI is InChI=1S/C16H10BrN3O/c1-10-4-12(6-14(17)5-10)16(21)20-15-3-2-11(8-18)13(7-15)9-19/h2-7H,1H3,(H,20,21). The first-order valence-corrected chi connectivity index (χ1v) is 6.85. The lowest BCUT2D eigenvalue weighted by molar-refractivity contribution is 0.102. The molecule has 0 fully saturated rings. The molecule has 2 aromatic rings. The molecule has 0 radical (unpaired) electrons. The van der Waals surface area contributed by atoms with Crippen molar-refractivity contribution in [3.63, 3.8) is 0 Å². The molecular weight excluding hydrogens is 330 g/mol. The number of hydrogen-bond donors (Lipinski definition) is 1. The molecule has 0 heterocycles. The van der Waals surface area contributed by atoms with E-state index in [0.29, 0.717) is 11.3 Å². The predicted molar refractivity (Wildman–Crippen MR) is 82.7 cm³/mol. The number of aryl methyl sites for hydroxylation is 1. The van der Waals surface area contributed by atoms with Gasteiger partial charge < -0.3 is 5.32 Å². The molecule has 1 amide bonds. The summed E-state index contributed by atoms with van der Waals surface area (Å²) in [6.45, 7) is 1.90. The first-order valence-electron chi connectivity index (χ1n) is 6.06. The Morgan fingerprint density at radius 1 is 1.10 bits per heavy atom. The molecule has 0 atom stereocenters. The van der Waals surface area contributed by atoms with Gasteiger partial charge in [0.05, 0.1) is 11.1 Å². The molecule has 2 aromatic carbocycles. The lowest BCUT2D eigenvalue weighted by Gasteiger charge is -2.07. The first kappa shape index (κ1) is 14.8. The summed E-state index contributed by atoms with van der Waals surface area (Å²) in [6, 6.07) is 13.9. The second-order valence-corrected chi connectivity index (χ2v) is 5.37. The fourth-order valence-electron chi connectivity index (χ4n) is 1.88. The van der Waals surface area contributed by atoms with Crippen molar-refractivity contribution in [3.8, 4) is 12.1 Å². The van der Waals surface area contributed by atoms with Crippen LogP contribution in [0.4, 0.5) is 5.69 Å². The summed E-state index contributed by atoms with van der Waals surface area (Å²) < 4.78 is 0.824. The summed E-state index contributed by atoms with van der Waals surface area (Å²) in [5.74, 6) is -0.270. The highest BCUT2D eigenvalue weighted by Crippen LogP contribution is 2.18. The van der Waals surface area contributed by atoms with Crippen LogP contribution in [-0.2, 0) is 0 Å². The summed E-state index contributed by atoms with van der Waals surface area (Å²) in [4.78, 5) is 12.2. The van der Waals surface area contributed by atoms with E-state index in [9.17, 15) is 4.79 Å². The molecule has 102 valence electrons. The molecule has 5 heteroatoms. The Hall–Kier alpha value is -2.63. The summed E-state index contributed by atoms with van der Waals surface area (Å²) in [5, 5.41) is 20.6. The van der Waals surface area contributed by atoms with Crippen molar-refractivity contribution < 1.29 is 4.79 Å². The number of benzene rings is 2. The smallest absolute Gasteiger partial charge is 0.255 e. The van der Waals surface area contributed by atoms with Crippen LogP contribution in [0, 0.1) is 29.6 Å². The van der Waals surface area contributed by atoms with Gasteiger partial charge >= 0.3 is 0 Å². The highest BCUT2D eigenvalue weighted by atomic mass is 79.9. The lowest BCUT2D eigenvalue weighted by atomic mass is 10.1. The van der Waals surface area contributed by atoms with Crippen LogP contribution >= 0.6 is 15.9 Å². The highest BCUT2D eigenvalue weighted by Gasteiger charge is 2.09. The van der Waals surface area contributed by atoms with Gasteiger partial charge in [0.2, 0.25) is 0 Å². The zero-order valence-electron chi connectivity index (χ0n) is 11.1. The number of nitriles is 2. The molecule has 0 bridgehead atoms. The molecule has 0 aliphatic carbocycles. The zero-order chi connectivity index (χ0) is 15.4. The monoisotopic (exact) mass is 339 g/mol. The Morgan fingerprint density at radius 2 is 1.81 bits per heavy atom. The minimum Gasteiger partial charge on any atom is -0.322 e. The minimum atomic E-state index is -0.270. The van der Waals surface area contributed by atoms with Crippen molar-refractivity contribution in [2.24, 2.45) is 0 Å². The number of carbonyl (C=O) groups excluding carboxylic acids is 1. The van der Waals surface area contributed by atoms with Crippen molar-refractivity contribution in [2.75, 3.05) is 5.32 Å². The van der Waals surface area contributed by atoms with Crippen LogP contribution in [0.3, 0.4) is 0 Å². The number of nitrogens with zero attached hydrogens (tertiary/aromatic N) is 2. The second kappa shape index (κ2) is 6.21. The van der Waals surface area contributed by atoms with Gasteiger partial charge in [-0.05, 0) is 48.9 Å². The maximum atomic E-state index is 12.2. The predicted octanol–water partition coefficient (Wildman–Crippen LogP) is 3.75. The van der Waals surface area contributed by atoms with Gasteiger partial charge in [0.1, 0.15) is 12.1 Å². The van der Waals surface area contributed by atoms with Crippen LogP contribution in [0.5, 0.6) is 0 Å². The van der Waals surface area contributed by atoms with Gasteiger partial charge in [-0.3, -0.25) is 4.79 Å². The Morgan fingerprint density at radius 3 is 2.43 bits per heavy atom. The van der Waals surface area contributed by atoms with Crippen LogP contribution in [-0.4, -0.2) is 5.91 Å². The molecule has 0 aromatic heterocycles. The second-order valence-electron chi connectivity index (χ2n) is 4.46. The molecule has 0 aliphatic heterocycles. The molecule has 4 nitrogen and oxygen atoms in total. The van der Waals surface area contributed by atoms with E-state index in [1.54, 1.807) is 18.2 Å². The zero-order valence-corrected chi connectivity index (χ0v) is 12.7. The maximum Gasteiger partial charge on any atom is 0.255 e. The Bertz CT molecular complexity index is 780. The van der Waals surface area contributed by atoms with Crippen LogP contribution in [0.15, 0.2) is 40.9 Å². The number of rotatable bonds is 2. The summed E-state index contributed by atoms with van der Waals surface area (Å²) >= 11 is 3.35. The van der Waals surface area contributed by atoms with Gasteiger partial charge in [0.25, 0.3) is 5.91 Å². The Balaban J connectivity index is 2.28. The van der Waals surface area contributed by atoms with Gasteiger partial charge in [-0.15, -0.1) is 0 Å². The molecule has 0 spiro atoms. The van der Waals surface area contributed by atoms with E-state index in [2.05, 4.69) is 21.2 Å². The number of anilines is 1. The van der Waals surface area contributed by atoms with Crippen LogP contribution in [0.25, 0.3) is 0 Å². The van der Waals surface area contributed by atoms with Crippen molar-refractivity contribution in [2.45, 2.75) is 6.92 Å². The van der Waals surface area contributed by atoms with E-state index in [-0.39, 0.29) is 17.0 Å². The van der Waals surface area contributed by atoms with Crippen molar-refractivity contribution in [3.05, 3.63) is 63.1 Å². The van der Waals surface area contributed by atoms with Crippen LogP contribution in [0.1, 0.15) is 27.0 Å². The largest absolute Gasteiger partial charge is 0.322 e. The van der Waals surface area contributed by atoms with Gasteiger partial charge in [0.15, 0.2) is 0 Å². The molecule has 0 aliphatic rings. The average molecular weight is 340 g/mol. The third kappa shape index (κ3) is 3.47. The van der Waals surface area contributed by atoms with E-state index >= 15 is 0 Å². The third-order valence-corrected chi connectivity index (χ3v) is 3.28. The molecule has 21 heavy (non-hydrogen) atoms. The topological polar surface area (TPSA) is 76.7 Å². The lowest BCUT2D eigenvalue weighted by Crippen LogP contribution is -2.12. The van der Waals surface area contributed by atoms with E-state index in [1.807, 2.05) is 25.1 Å². The number of amides is 1. The SMILES string of the molecule is Cc1cc(Br)cc(C(=O)Nc2ccc(C#N)c(C#N)c2)c1. The molecule has 0 saturated heterocycles. The van der Waals surface area contributed by atoms with Gasteiger partial charge in [0, 0.05) is 15.7 Å². The van der Waals surface area contributed by atoms with Crippen molar-refractivity contribution in [1.82, 2.24) is 0 Å². The van der Waals surface area contributed by atoms with Crippen molar-refractivity contribution >= 4 is 27.5 Å². The fraction of sp³-hybridized carbons (Fsp3) is 0.0625. The summed E-state index contributed by atoms with van der Waals surface area (Å²) in [6.07, 6.45) is 0. The van der Waals surface area contributed by atoms with E-state index in [4.69, 9.17) is 10.5 Å². The fourth-order valence-corrected chi connectivity index (χ4v) is 2.49. The molecule has 0 unspecified atom stereocenters. The maximum absolute atomic E-state index is 12.2. The number of halogens is 1. The van der Waals surface area contributed by atoms with Crippen LogP contribution in [0.2, 0.25) is 0 Å². The Labute approximate surface area is 130 Å². The third-order valence-electron chi connectivity index (χ3n) is 2.82. The van der Waals surface area contributed by atoms with Crippen molar-refractivity contribution in [1.29, 1.82) is 10.5 Å². The number of hydrogen-bond acceptors (Lipinski definition) is 3.